The number of hydrogen-bond donors (Lipinski definition) is 1. The van der Waals surface area contributed by atoms with Crippen LogP contribution in [0.1, 0.15) is 63.8 Å². The molecular formula is C21H27NO3S. The summed E-state index contributed by atoms with van der Waals surface area (Å²) in [5, 5.41) is 22.4. The number of rotatable bonds is 3. The first-order valence-corrected chi connectivity index (χ1v) is 9.36. The molecule has 0 fully saturated rings. The fourth-order valence-corrected chi connectivity index (χ4v) is 3.20. The van der Waals surface area contributed by atoms with E-state index < -0.39 is 0 Å². The number of aromatic hydroxyl groups is 1. The predicted octanol–water partition coefficient (Wildman–Crippen LogP) is 5.12. The Morgan fingerprint density at radius 3 is 1.96 bits per heavy atom. The molecule has 4 nitrogen and oxygen atoms in total. The molecule has 0 amide bonds. The number of nitrogens with zero attached hydrogens (tertiary/aromatic N) is 1. The highest BCUT2D eigenvalue weighted by Gasteiger charge is 2.26. The molecule has 0 spiro atoms. The third-order valence-corrected chi connectivity index (χ3v) is 4.73. The molecule has 1 N–H and O–H groups in total. The van der Waals surface area contributed by atoms with E-state index in [-0.39, 0.29) is 22.3 Å². The van der Waals surface area contributed by atoms with Gasteiger partial charge in [0.05, 0.1) is 0 Å². The van der Waals surface area contributed by atoms with Crippen LogP contribution in [0.3, 0.4) is 0 Å². The van der Waals surface area contributed by atoms with Crippen LogP contribution in [0, 0.1) is 5.21 Å². The topological polar surface area (TPSA) is 63.4 Å². The molecule has 0 aliphatic heterocycles. The quantitative estimate of drug-likeness (QED) is 0.600. The third kappa shape index (κ3) is 4.59. The molecule has 0 heterocycles. The zero-order valence-electron chi connectivity index (χ0n) is 16.3. The first-order chi connectivity index (χ1) is 11.9. The van der Waals surface area contributed by atoms with Crippen LogP contribution < -0.4 is 0 Å². The van der Waals surface area contributed by atoms with Gasteiger partial charge in [-0.25, -0.2) is 0 Å². The summed E-state index contributed by atoms with van der Waals surface area (Å²) in [4.78, 5) is 0. The summed E-state index contributed by atoms with van der Waals surface area (Å²) < 4.78 is 11.1. The van der Waals surface area contributed by atoms with Gasteiger partial charge in [-0.2, -0.15) is 0 Å². The van der Waals surface area contributed by atoms with Gasteiger partial charge in [-0.15, -0.1) is 8.32 Å². The van der Waals surface area contributed by atoms with E-state index in [1.165, 1.54) is 0 Å². The van der Waals surface area contributed by atoms with Gasteiger partial charge in [0.2, 0.25) is 5.69 Å². The fourth-order valence-electron chi connectivity index (χ4n) is 3.00. The highest BCUT2D eigenvalue weighted by atomic mass is 32.1. The zero-order valence-corrected chi connectivity index (χ0v) is 17.1. The van der Waals surface area contributed by atoms with Gasteiger partial charge in [-0.1, -0.05) is 65.8 Å². The van der Waals surface area contributed by atoms with Crippen molar-refractivity contribution in [3.63, 3.8) is 0 Å². The first kappa shape index (κ1) is 20.3. The van der Waals surface area contributed by atoms with Crippen LogP contribution in [0.15, 0.2) is 36.4 Å². The molecule has 0 atom stereocenters. The Labute approximate surface area is 159 Å². The van der Waals surface area contributed by atoms with E-state index >= 15 is 0 Å². The molecule has 2 aromatic rings. The van der Waals surface area contributed by atoms with Gasteiger partial charge in [0.15, 0.2) is 0 Å². The minimum absolute atomic E-state index is 0.0988. The lowest BCUT2D eigenvalue weighted by Crippen LogP contribution is -2.18. The van der Waals surface area contributed by atoms with Gasteiger partial charge in [0.25, 0.3) is 0 Å². The fraction of sp³-hybridized carbons (Fsp3) is 0.429. The van der Waals surface area contributed by atoms with Crippen molar-refractivity contribution < 1.29 is 13.4 Å². The van der Waals surface area contributed by atoms with Crippen molar-refractivity contribution >= 4 is 17.2 Å². The average Bonchev–Trinajstić information content (AvgIpc) is 2.53. The maximum Gasteiger partial charge on any atom is 0.389 e. The van der Waals surface area contributed by atoms with Crippen LogP contribution in [0.4, 0.5) is 5.69 Å². The van der Waals surface area contributed by atoms with Crippen LogP contribution in [-0.4, -0.2) is 13.4 Å². The summed E-state index contributed by atoms with van der Waals surface area (Å²) in [6, 6.07) is 11.1. The van der Waals surface area contributed by atoms with E-state index in [9.17, 15) is 14.5 Å². The summed E-state index contributed by atoms with van der Waals surface area (Å²) in [5.74, 6) is 0.357. The second-order valence-corrected chi connectivity index (χ2v) is 9.20. The lowest BCUT2D eigenvalue weighted by atomic mass is 9.78. The summed E-state index contributed by atoms with van der Waals surface area (Å²) in [6.45, 7) is 12.5. The largest absolute Gasteiger partial charge is 0.532 e. The Hall–Kier alpha value is -1.98. The van der Waals surface area contributed by atoms with Crippen LogP contribution in [0.5, 0.6) is 5.75 Å². The molecule has 0 bridgehead atoms. The molecule has 0 aliphatic rings. The van der Waals surface area contributed by atoms with E-state index in [4.69, 9.17) is 0 Å². The minimum atomic E-state index is -0.188. The molecule has 0 saturated heterocycles. The minimum Gasteiger partial charge on any atom is -0.532 e. The van der Waals surface area contributed by atoms with E-state index in [2.05, 4.69) is 41.5 Å². The van der Waals surface area contributed by atoms with Gasteiger partial charge >= 0.3 is 11.5 Å². The maximum absolute atomic E-state index is 11.6. The molecular weight excluding hydrogens is 346 g/mol. The van der Waals surface area contributed by atoms with Crippen LogP contribution in [0.2, 0.25) is 0 Å². The number of benzene rings is 2. The van der Waals surface area contributed by atoms with Crippen LogP contribution in [-0.2, 0) is 28.7 Å². The van der Waals surface area contributed by atoms with E-state index in [0.29, 0.717) is 22.0 Å². The summed E-state index contributed by atoms with van der Waals surface area (Å²) in [6.07, 6.45) is 0.623. The SMILES string of the molecule is CC(C)(C)c1cc(Cc2cccc([N+]([O-])=S=O)c2)cc(C(C)(C)C)c1O. The third-order valence-electron chi connectivity index (χ3n) is 4.38. The van der Waals surface area contributed by atoms with Crippen molar-refractivity contribution in [2.24, 2.45) is 0 Å². The van der Waals surface area contributed by atoms with Gasteiger partial charge in [0.1, 0.15) is 5.75 Å². The van der Waals surface area contributed by atoms with Crippen LogP contribution >= 0.6 is 0 Å². The Bertz CT molecular complexity index is 835. The van der Waals surface area contributed by atoms with E-state index in [0.717, 1.165) is 22.3 Å². The van der Waals surface area contributed by atoms with Gasteiger partial charge < -0.3 is 10.3 Å². The van der Waals surface area contributed by atoms with Crippen LogP contribution in [0.25, 0.3) is 0 Å². The molecule has 0 aromatic heterocycles. The molecule has 5 heteroatoms. The highest BCUT2D eigenvalue weighted by Crippen LogP contribution is 2.40. The predicted molar refractivity (Wildman–Crippen MR) is 106 cm³/mol. The van der Waals surface area contributed by atoms with Gasteiger partial charge in [-0.3, -0.25) is 0 Å². The molecule has 0 unspecified atom stereocenters. The lowest BCUT2D eigenvalue weighted by molar-refractivity contribution is -0.328. The van der Waals surface area contributed by atoms with Crippen molar-refractivity contribution in [3.8, 4) is 5.75 Å². The van der Waals surface area contributed by atoms with Gasteiger partial charge in [0, 0.05) is 12.1 Å². The van der Waals surface area contributed by atoms with E-state index in [1.807, 2.05) is 18.2 Å². The van der Waals surface area contributed by atoms with Crippen molar-refractivity contribution in [1.82, 2.24) is 0 Å². The monoisotopic (exact) mass is 373 g/mol. The molecule has 0 saturated carbocycles. The van der Waals surface area contributed by atoms with E-state index in [1.54, 1.807) is 18.2 Å². The van der Waals surface area contributed by atoms with Crippen molar-refractivity contribution in [2.75, 3.05) is 0 Å². The normalized spacial score (nSPS) is 12.1. The molecule has 2 rings (SSSR count). The second kappa shape index (κ2) is 7.33. The second-order valence-electron chi connectivity index (χ2n) is 8.72. The van der Waals surface area contributed by atoms with Gasteiger partial charge in [-0.05, 0) is 39.5 Å². The Morgan fingerprint density at radius 1 is 0.962 bits per heavy atom. The van der Waals surface area contributed by atoms with Crippen molar-refractivity contribution in [2.45, 2.75) is 58.8 Å². The smallest absolute Gasteiger partial charge is 0.389 e. The Morgan fingerprint density at radius 2 is 1.50 bits per heavy atom. The summed E-state index contributed by atoms with van der Waals surface area (Å²) >= 11 is -0.0988. The Kier molecular flexibility index (Phi) is 5.73. The average molecular weight is 374 g/mol. The molecule has 2 aromatic carbocycles. The molecule has 140 valence electrons. The Balaban J connectivity index is 2.55. The number of phenols is 1. The number of hydrogen-bond acceptors (Lipinski definition) is 3. The molecule has 26 heavy (non-hydrogen) atoms. The van der Waals surface area contributed by atoms with Crippen molar-refractivity contribution in [1.29, 1.82) is 0 Å². The first-order valence-electron chi connectivity index (χ1n) is 8.66. The summed E-state index contributed by atoms with van der Waals surface area (Å²) in [7, 11) is 0. The molecule has 0 radical (unpaired) electrons. The standard InChI is InChI=1S/C21H27NO3S/c1-20(2,3)17-12-15(13-18(19(17)23)21(4,5)6)10-14-8-7-9-16(11-14)22(24)26-25/h7-9,11-13,23H,10H2,1-6H3. The lowest BCUT2D eigenvalue weighted by Gasteiger charge is -2.28. The number of phenolic OH excluding ortho intramolecular Hbond substituents is 1. The maximum atomic E-state index is 11.6. The zero-order chi connectivity index (χ0) is 19.7. The molecule has 0 aliphatic carbocycles. The summed E-state index contributed by atoms with van der Waals surface area (Å²) in [5.41, 5.74) is 3.81. The van der Waals surface area contributed by atoms with Crippen molar-refractivity contribution in [3.05, 3.63) is 63.9 Å². The highest BCUT2D eigenvalue weighted by molar-refractivity contribution is 7.51.